The van der Waals surface area contributed by atoms with Gasteiger partial charge in [0.25, 0.3) is 5.91 Å². The van der Waals surface area contributed by atoms with Crippen molar-refractivity contribution in [3.8, 4) is 0 Å². The quantitative estimate of drug-likeness (QED) is 0.552. The van der Waals surface area contributed by atoms with Crippen molar-refractivity contribution in [2.45, 2.75) is 92.8 Å². The summed E-state index contributed by atoms with van der Waals surface area (Å²) >= 11 is 0. The molecule has 2 heterocycles. The molecule has 2 bridgehead atoms. The number of nitrogens with one attached hydrogen (secondary N) is 1. The monoisotopic (exact) mass is 521 g/mol. The van der Waals surface area contributed by atoms with Crippen molar-refractivity contribution >= 4 is 5.91 Å². The van der Waals surface area contributed by atoms with Gasteiger partial charge in [0, 0.05) is 17.7 Å². The molecule has 5 aliphatic rings. The molecule has 7 rings (SSSR count). The van der Waals surface area contributed by atoms with Gasteiger partial charge in [0.15, 0.2) is 0 Å². The predicted octanol–water partition coefficient (Wildman–Crippen LogP) is 3.89. The number of hydrogen-bond donors (Lipinski definition) is 1. The van der Waals surface area contributed by atoms with E-state index < -0.39 is 30.5 Å². The van der Waals surface area contributed by atoms with E-state index in [1.54, 1.807) is 0 Å². The number of nitrogens with zero attached hydrogens (tertiary/aromatic N) is 4. The molecule has 5 aliphatic carbocycles. The summed E-state index contributed by atoms with van der Waals surface area (Å²) in [5.74, 6) is 0.0842. The minimum absolute atomic E-state index is 0.110. The van der Waals surface area contributed by atoms with Crippen molar-refractivity contribution in [1.29, 1.82) is 0 Å². The SMILES string of the molecule is O=C(NC12CC(c3nnc(C4CC(OC(F)(F)F)C4)o3)(C1)C2)c1ccnn1C1CC(OC(F)(F)F)C1. The maximum Gasteiger partial charge on any atom is 0.522 e. The lowest BCUT2D eigenvalue weighted by molar-refractivity contribution is -0.354. The van der Waals surface area contributed by atoms with E-state index in [4.69, 9.17) is 4.42 Å². The van der Waals surface area contributed by atoms with Crippen LogP contribution in [0.15, 0.2) is 16.7 Å². The molecule has 9 nitrogen and oxygen atoms in total. The molecule has 36 heavy (non-hydrogen) atoms. The van der Waals surface area contributed by atoms with Gasteiger partial charge < -0.3 is 9.73 Å². The molecule has 0 atom stereocenters. The second-order valence-electron chi connectivity index (χ2n) is 10.3. The largest absolute Gasteiger partial charge is 0.522 e. The van der Waals surface area contributed by atoms with Crippen molar-refractivity contribution in [2.24, 2.45) is 0 Å². The number of aromatic nitrogens is 4. The van der Waals surface area contributed by atoms with Crippen LogP contribution in [0.5, 0.6) is 0 Å². The fraction of sp³-hybridized carbons (Fsp3) is 0.714. The summed E-state index contributed by atoms with van der Waals surface area (Å²) in [7, 11) is 0. The zero-order valence-electron chi connectivity index (χ0n) is 18.6. The molecule has 5 saturated carbocycles. The molecule has 5 fully saturated rings. The fourth-order valence-corrected chi connectivity index (χ4v) is 5.93. The highest BCUT2D eigenvalue weighted by Crippen LogP contribution is 2.67. The van der Waals surface area contributed by atoms with Crippen molar-refractivity contribution in [1.82, 2.24) is 25.3 Å². The number of carbonyl (C=O) groups excluding carboxylic acids is 1. The molecule has 0 aliphatic heterocycles. The number of ether oxygens (including phenoxy) is 2. The third kappa shape index (κ3) is 4.15. The first-order valence-corrected chi connectivity index (χ1v) is 11.5. The second-order valence-corrected chi connectivity index (χ2v) is 10.3. The van der Waals surface area contributed by atoms with Crippen LogP contribution in [0.25, 0.3) is 0 Å². The normalized spacial score (nSPS) is 35.3. The van der Waals surface area contributed by atoms with Crippen molar-refractivity contribution in [3.63, 3.8) is 0 Å². The highest BCUT2D eigenvalue weighted by Gasteiger charge is 2.72. The molecule has 196 valence electrons. The Kier molecular flexibility index (Phi) is 5.05. The van der Waals surface area contributed by atoms with Crippen molar-refractivity contribution in [2.75, 3.05) is 0 Å². The third-order valence-electron chi connectivity index (χ3n) is 7.67. The first kappa shape index (κ1) is 23.7. The number of hydrogen-bond acceptors (Lipinski definition) is 7. The molecule has 0 aromatic carbocycles. The van der Waals surface area contributed by atoms with Crippen LogP contribution in [0.2, 0.25) is 0 Å². The predicted molar refractivity (Wildman–Crippen MR) is 104 cm³/mol. The Labute approximate surface area is 199 Å². The van der Waals surface area contributed by atoms with Crippen LogP contribution in [0.4, 0.5) is 26.3 Å². The molecule has 15 heteroatoms. The fourth-order valence-electron chi connectivity index (χ4n) is 5.93. The lowest BCUT2D eigenvalue weighted by Gasteiger charge is -2.68. The van der Waals surface area contributed by atoms with E-state index in [0.717, 1.165) is 0 Å². The average Bonchev–Trinajstić information content (AvgIpc) is 3.30. The molecule has 0 radical (unpaired) electrons. The second kappa shape index (κ2) is 7.66. The van der Waals surface area contributed by atoms with Crippen molar-refractivity contribution < 1.29 is 45.0 Å². The Balaban J connectivity index is 1.01. The van der Waals surface area contributed by atoms with Crippen LogP contribution >= 0.6 is 0 Å². The smallest absolute Gasteiger partial charge is 0.424 e. The van der Waals surface area contributed by atoms with Crippen LogP contribution in [-0.2, 0) is 14.9 Å². The number of rotatable bonds is 7. The average molecular weight is 521 g/mol. The summed E-state index contributed by atoms with van der Waals surface area (Å²) in [4.78, 5) is 12.9. The number of halogens is 6. The standard InChI is InChI=1S/C21H21F6N5O4/c22-20(23,24)35-12-3-10(4-12)16-30-31-17(34-16)18-7-19(8-18,9-18)29-15(33)14-1-2-28-32(14)11-5-13(6-11)36-21(25,26)27/h1-2,10-13H,3-9H2,(H,29,33). The molecule has 0 unspecified atom stereocenters. The maximum absolute atomic E-state index is 12.9. The van der Waals surface area contributed by atoms with Gasteiger partial charge in [-0.3, -0.25) is 19.0 Å². The third-order valence-corrected chi connectivity index (χ3v) is 7.67. The summed E-state index contributed by atoms with van der Waals surface area (Å²) in [6.45, 7) is 0. The van der Waals surface area contributed by atoms with Gasteiger partial charge in [-0.15, -0.1) is 36.5 Å². The molecular formula is C21H21F6N5O4. The minimum Gasteiger partial charge on any atom is -0.424 e. The zero-order valence-corrected chi connectivity index (χ0v) is 18.6. The summed E-state index contributed by atoms with van der Waals surface area (Å²) in [5.41, 5.74) is -0.532. The van der Waals surface area contributed by atoms with Crippen LogP contribution in [-0.4, -0.2) is 56.4 Å². The highest BCUT2D eigenvalue weighted by molar-refractivity contribution is 5.93. The zero-order chi connectivity index (χ0) is 25.5. The Hall–Kier alpha value is -2.68. The lowest BCUT2D eigenvalue weighted by atomic mass is 9.39. The van der Waals surface area contributed by atoms with E-state index in [1.807, 2.05) is 0 Å². The molecule has 2 aromatic rings. The van der Waals surface area contributed by atoms with Gasteiger partial charge in [0.05, 0.1) is 23.7 Å². The molecule has 0 saturated heterocycles. The summed E-state index contributed by atoms with van der Waals surface area (Å²) in [6.07, 6.45) is -7.51. The van der Waals surface area contributed by atoms with Gasteiger partial charge >= 0.3 is 12.7 Å². The molecule has 0 spiro atoms. The van der Waals surface area contributed by atoms with Gasteiger partial charge in [-0.2, -0.15) is 5.10 Å². The first-order valence-electron chi connectivity index (χ1n) is 11.5. The van der Waals surface area contributed by atoms with Crippen LogP contribution in [0.1, 0.15) is 79.2 Å². The summed E-state index contributed by atoms with van der Waals surface area (Å²) < 4.78 is 89.2. The molecule has 1 N–H and O–H groups in total. The van der Waals surface area contributed by atoms with Gasteiger partial charge in [0.1, 0.15) is 5.69 Å². The number of alkyl halides is 6. The number of carbonyl (C=O) groups is 1. The van der Waals surface area contributed by atoms with E-state index in [0.29, 0.717) is 31.0 Å². The van der Waals surface area contributed by atoms with Gasteiger partial charge in [-0.25, -0.2) is 0 Å². The Morgan fingerprint density at radius 2 is 1.61 bits per heavy atom. The maximum atomic E-state index is 12.9. The van der Waals surface area contributed by atoms with E-state index in [2.05, 4.69) is 30.1 Å². The Bertz CT molecular complexity index is 1140. The lowest BCUT2D eigenvalue weighted by Crippen LogP contribution is -2.76. The number of amides is 1. The van der Waals surface area contributed by atoms with E-state index >= 15 is 0 Å². The van der Waals surface area contributed by atoms with Gasteiger partial charge in [-0.1, -0.05) is 0 Å². The van der Waals surface area contributed by atoms with Gasteiger partial charge in [-0.05, 0) is 51.0 Å². The molecule has 2 aromatic heterocycles. The first-order chi connectivity index (χ1) is 16.8. The van der Waals surface area contributed by atoms with E-state index in [1.165, 1.54) is 16.9 Å². The molecule has 1 amide bonds. The topological polar surface area (TPSA) is 104 Å². The highest BCUT2D eigenvalue weighted by atomic mass is 19.4. The summed E-state index contributed by atoms with van der Waals surface area (Å²) in [6, 6.07) is 1.17. The Morgan fingerprint density at radius 1 is 1.00 bits per heavy atom. The van der Waals surface area contributed by atoms with Gasteiger partial charge in [0.2, 0.25) is 11.8 Å². The minimum atomic E-state index is -4.69. The van der Waals surface area contributed by atoms with E-state index in [9.17, 15) is 31.1 Å². The van der Waals surface area contributed by atoms with E-state index in [-0.39, 0.29) is 54.7 Å². The molecular weight excluding hydrogens is 500 g/mol. The van der Waals surface area contributed by atoms with Crippen LogP contribution in [0.3, 0.4) is 0 Å². The van der Waals surface area contributed by atoms with Crippen LogP contribution < -0.4 is 5.32 Å². The van der Waals surface area contributed by atoms with Crippen LogP contribution in [0, 0.1) is 0 Å². The summed E-state index contributed by atoms with van der Waals surface area (Å²) in [5, 5.41) is 15.2. The van der Waals surface area contributed by atoms with Crippen molar-refractivity contribution in [3.05, 3.63) is 29.7 Å². The Morgan fingerprint density at radius 3 is 2.22 bits per heavy atom.